The molecule has 0 aliphatic rings. The van der Waals surface area contributed by atoms with Gasteiger partial charge in [-0.15, -0.1) is 0 Å². The summed E-state index contributed by atoms with van der Waals surface area (Å²) < 4.78 is 0. The maximum atomic E-state index is 12.2. The highest BCUT2D eigenvalue weighted by Crippen LogP contribution is 2.18. The van der Waals surface area contributed by atoms with E-state index < -0.39 is 0 Å². The van der Waals surface area contributed by atoms with Gasteiger partial charge in [0.25, 0.3) is 0 Å². The Morgan fingerprint density at radius 2 is 1.95 bits per heavy atom. The third-order valence-corrected chi connectivity index (χ3v) is 3.56. The number of hydrogen-bond donors (Lipinski definition) is 2. The molecule has 1 rings (SSSR count). The Hall–Kier alpha value is -1.55. The standard InChI is InChI=1S/C17H29N3O/c1-6-11-18-14(5)15-9-8-10-16(12-15)19-17(21)20(7-2)13(3)4/h8-10,12-14,18H,6-7,11H2,1-5H3,(H,19,21). The second-order valence-electron chi connectivity index (χ2n) is 5.61. The maximum Gasteiger partial charge on any atom is 0.322 e. The van der Waals surface area contributed by atoms with Crippen molar-refractivity contribution in [2.24, 2.45) is 0 Å². The van der Waals surface area contributed by atoms with Crippen molar-refractivity contribution in [2.75, 3.05) is 18.4 Å². The monoisotopic (exact) mass is 291 g/mol. The Morgan fingerprint density at radius 3 is 2.52 bits per heavy atom. The maximum absolute atomic E-state index is 12.2. The first-order valence-corrected chi connectivity index (χ1v) is 7.90. The molecule has 118 valence electrons. The molecule has 0 radical (unpaired) electrons. The fraction of sp³-hybridized carbons (Fsp3) is 0.588. The van der Waals surface area contributed by atoms with E-state index in [2.05, 4.69) is 30.5 Å². The van der Waals surface area contributed by atoms with Crippen molar-refractivity contribution in [1.82, 2.24) is 10.2 Å². The molecular formula is C17H29N3O. The highest BCUT2D eigenvalue weighted by Gasteiger charge is 2.15. The number of carbonyl (C=O) groups is 1. The van der Waals surface area contributed by atoms with Crippen molar-refractivity contribution in [2.45, 2.75) is 53.1 Å². The first kappa shape index (κ1) is 17.5. The zero-order valence-corrected chi connectivity index (χ0v) is 13.9. The lowest BCUT2D eigenvalue weighted by molar-refractivity contribution is 0.201. The van der Waals surface area contributed by atoms with Gasteiger partial charge in [-0.1, -0.05) is 19.1 Å². The van der Waals surface area contributed by atoms with Gasteiger partial charge in [0.15, 0.2) is 0 Å². The van der Waals surface area contributed by atoms with Crippen molar-refractivity contribution in [3.05, 3.63) is 29.8 Å². The van der Waals surface area contributed by atoms with E-state index in [-0.39, 0.29) is 18.1 Å². The van der Waals surface area contributed by atoms with Gasteiger partial charge in [-0.05, 0) is 58.4 Å². The Labute approximate surface area is 128 Å². The molecule has 4 nitrogen and oxygen atoms in total. The molecule has 0 fully saturated rings. The Bertz CT molecular complexity index is 445. The lowest BCUT2D eigenvalue weighted by atomic mass is 10.1. The van der Waals surface area contributed by atoms with E-state index in [1.165, 1.54) is 5.56 Å². The molecule has 0 aliphatic carbocycles. The predicted octanol–water partition coefficient (Wildman–Crippen LogP) is 4.01. The van der Waals surface area contributed by atoms with Crippen LogP contribution < -0.4 is 10.6 Å². The molecule has 0 bridgehead atoms. The van der Waals surface area contributed by atoms with Crippen LogP contribution in [0.1, 0.15) is 52.6 Å². The molecule has 0 aromatic heterocycles. The number of carbonyl (C=O) groups excluding carboxylic acids is 1. The molecule has 1 aromatic rings. The van der Waals surface area contributed by atoms with Gasteiger partial charge in [-0.2, -0.15) is 0 Å². The summed E-state index contributed by atoms with van der Waals surface area (Å²) in [6.45, 7) is 12.0. The zero-order chi connectivity index (χ0) is 15.8. The summed E-state index contributed by atoms with van der Waals surface area (Å²) in [6, 6.07) is 8.49. The van der Waals surface area contributed by atoms with Crippen LogP contribution in [0.5, 0.6) is 0 Å². The van der Waals surface area contributed by atoms with Gasteiger partial charge in [0.05, 0.1) is 0 Å². The van der Waals surface area contributed by atoms with Gasteiger partial charge in [-0.25, -0.2) is 4.79 Å². The number of nitrogens with one attached hydrogen (secondary N) is 2. The van der Waals surface area contributed by atoms with Crippen LogP contribution in [0.3, 0.4) is 0 Å². The molecule has 0 saturated carbocycles. The predicted molar refractivity (Wildman–Crippen MR) is 89.7 cm³/mol. The van der Waals surface area contributed by atoms with Crippen LogP contribution in [0.15, 0.2) is 24.3 Å². The van der Waals surface area contributed by atoms with Crippen molar-refractivity contribution >= 4 is 11.7 Å². The molecule has 21 heavy (non-hydrogen) atoms. The molecule has 0 saturated heterocycles. The molecule has 2 N–H and O–H groups in total. The van der Waals surface area contributed by atoms with E-state index in [0.29, 0.717) is 6.54 Å². The fourth-order valence-corrected chi connectivity index (χ4v) is 2.30. The molecule has 0 aliphatic heterocycles. The van der Waals surface area contributed by atoms with Crippen LogP contribution >= 0.6 is 0 Å². The second-order valence-corrected chi connectivity index (χ2v) is 5.61. The Kier molecular flexibility index (Phi) is 7.23. The summed E-state index contributed by atoms with van der Waals surface area (Å²) in [6.07, 6.45) is 1.11. The molecule has 1 atom stereocenters. The summed E-state index contributed by atoms with van der Waals surface area (Å²) in [5.74, 6) is 0. The van der Waals surface area contributed by atoms with Crippen LogP contribution in [0.2, 0.25) is 0 Å². The average Bonchev–Trinajstić information content (AvgIpc) is 2.45. The third-order valence-electron chi connectivity index (χ3n) is 3.56. The van der Waals surface area contributed by atoms with Crippen LogP contribution in [0.4, 0.5) is 10.5 Å². The lowest BCUT2D eigenvalue weighted by Gasteiger charge is -2.25. The minimum atomic E-state index is -0.0428. The summed E-state index contributed by atoms with van der Waals surface area (Å²) in [5, 5.41) is 6.44. The van der Waals surface area contributed by atoms with Crippen LogP contribution in [0, 0.1) is 0 Å². The van der Waals surface area contributed by atoms with Gasteiger partial charge in [0, 0.05) is 24.3 Å². The first-order chi connectivity index (χ1) is 9.99. The molecule has 1 aromatic carbocycles. The van der Waals surface area contributed by atoms with Gasteiger partial charge in [0.1, 0.15) is 0 Å². The van der Waals surface area contributed by atoms with E-state index in [4.69, 9.17) is 0 Å². The summed E-state index contributed by atoms with van der Waals surface area (Å²) >= 11 is 0. The molecule has 0 heterocycles. The number of rotatable bonds is 7. The van der Waals surface area contributed by atoms with E-state index in [9.17, 15) is 4.79 Å². The number of benzene rings is 1. The van der Waals surface area contributed by atoms with Crippen molar-refractivity contribution < 1.29 is 4.79 Å². The van der Waals surface area contributed by atoms with Crippen molar-refractivity contribution in [3.8, 4) is 0 Å². The van der Waals surface area contributed by atoms with E-state index in [1.54, 1.807) is 0 Å². The molecule has 2 amide bonds. The highest BCUT2D eigenvalue weighted by molar-refractivity contribution is 5.89. The van der Waals surface area contributed by atoms with Crippen molar-refractivity contribution in [3.63, 3.8) is 0 Å². The Morgan fingerprint density at radius 1 is 1.24 bits per heavy atom. The second kappa shape index (κ2) is 8.67. The summed E-state index contributed by atoms with van der Waals surface area (Å²) in [7, 11) is 0. The number of anilines is 1. The van der Waals surface area contributed by atoms with Crippen LogP contribution in [-0.4, -0.2) is 30.1 Å². The number of urea groups is 1. The SMILES string of the molecule is CCCNC(C)c1cccc(NC(=O)N(CC)C(C)C)c1. The Balaban J connectivity index is 2.74. The van der Waals surface area contributed by atoms with E-state index >= 15 is 0 Å². The summed E-state index contributed by atoms with van der Waals surface area (Å²) in [4.78, 5) is 14.0. The highest BCUT2D eigenvalue weighted by atomic mass is 16.2. The summed E-state index contributed by atoms with van der Waals surface area (Å²) in [5.41, 5.74) is 2.04. The largest absolute Gasteiger partial charge is 0.322 e. The van der Waals surface area contributed by atoms with Gasteiger partial charge in [-0.3, -0.25) is 0 Å². The smallest absolute Gasteiger partial charge is 0.322 e. The van der Waals surface area contributed by atoms with Crippen LogP contribution in [-0.2, 0) is 0 Å². The number of nitrogens with zero attached hydrogens (tertiary/aromatic N) is 1. The lowest BCUT2D eigenvalue weighted by Crippen LogP contribution is -2.39. The van der Waals surface area contributed by atoms with Gasteiger partial charge < -0.3 is 15.5 Å². The topological polar surface area (TPSA) is 44.4 Å². The molecule has 1 unspecified atom stereocenters. The van der Waals surface area contributed by atoms with Gasteiger partial charge >= 0.3 is 6.03 Å². The van der Waals surface area contributed by atoms with Gasteiger partial charge in [0.2, 0.25) is 0 Å². The quantitative estimate of drug-likeness (QED) is 0.797. The normalized spacial score (nSPS) is 12.3. The fourth-order valence-electron chi connectivity index (χ4n) is 2.30. The van der Waals surface area contributed by atoms with E-state index in [0.717, 1.165) is 18.7 Å². The first-order valence-electron chi connectivity index (χ1n) is 7.90. The number of amides is 2. The van der Waals surface area contributed by atoms with E-state index in [1.807, 2.05) is 43.9 Å². The third kappa shape index (κ3) is 5.38. The minimum Gasteiger partial charge on any atom is -0.322 e. The minimum absolute atomic E-state index is 0.0428. The zero-order valence-electron chi connectivity index (χ0n) is 13.9. The van der Waals surface area contributed by atoms with Crippen molar-refractivity contribution in [1.29, 1.82) is 0 Å². The van der Waals surface area contributed by atoms with Crippen LogP contribution in [0.25, 0.3) is 0 Å². The average molecular weight is 291 g/mol. The molecular weight excluding hydrogens is 262 g/mol. The molecule has 0 spiro atoms. The molecule has 4 heteroatoms. The number of hydrogen-bond acceptors (Lipinski definition) is 2.